The third kappa shape index (κ3) is 3.36. The lowest BCUT2D eigenvalue weighted by Gasteiger charge is -2.39. The summed E-state index contributed by atoms with van der Waals surface area (Å²) in [5.74, 6) is 0.205. The maximum atomic E-state index is 13.3. The number of benzene rings is 1. The number of carbonyl (C=O) groups excluding carboxylic acids is 2. The molecular weight excluding hydrogens is 340 g/mol. The van der Waals surface area contributed by atoms with Crippen molar-refractivity contribution < 1.29 is 9.59 Å². The van der Waals surface area contributed by atoms with Crippen LogP contribution >= 0.6 is 0 Å². The molecule has 2 fully saturated rings. The molecule has 27 heavy (non-hydrogen) atoms. The highest BCUT2D eigenvalue weighted by Crippen LogP contribution is 2.40. The van der Waals surface area contributed by atoms with E-state index >= 15 is 0 Å². The summed E-state index contributed by atoms with van der Waals surface area (Å²) in [7, 11) is 0. The molecule has 1 spiro atoms. The summed E-state index contributed by atoms with van der Waals surface area (Å²) in [4.78, 5) is 29.9. The molecule has 0 bridgehead atoms. The number of aromatic amines is 1. The molecule has 4 rings (SSSR count). The number of carbonyl (C=O) groups is 2. The Kier molecular flexibility index (Phi) is 4.72. The fourth-order valence-corrected chi connectivity index (χ4v) is 4.44. The molecule has 6 nitrogen and oxygen atoms in total. The van der Waals surface area contributed by atoms with Crippen molar-refractivity contribution in [3.63, 3.8) is 0 Å². The number of aromatic nitrogens is 2. The lowest BCUT2D eigenvalue weighted by molar-refractivity contribution is -0.145. The number of rotatable bonds is 4. The quantitative estimate of drug-likeness (QED) is 0.903. The fraction of sp³-hybridized carbons (Fsp3) is 0.476. The Morgan fingerprint density at radius 3 is 2.78 bits per heavy atom. The van der Waals surface area contributed by atoms with Gasteiger partial charge in [0.2, 0.25) is 5.91 Å². The highest BCUT2D eigenvalue weighted by atomic mass is 16.2. The van der Waals surface area contributed by atoms with Crippen LogP contribution < -0.4 is 0 Å². The number of piperidine rings is 1. The zero-order valence-electron chi connectivity index (χ0n) is 15.8. The predicted molar refractivity (Wildman–Crippen MR) is 102 cm³/mol. The van der Waals surface area contributed by atoms with Crippen molar-refractivity contribution in [3.05, 3.63) is 53.3 Å². The molecule has 2 aromatic rings. The Bertz CT molecular complexity index is 832. The lowest BCUT2D eigenvalue weighted by atomic mass is 9.78. The summed E-state index contributed by atoms with van der Waals surface area (Å²) in [5.41, 5.74) is 2.24. The van der Waals surface area contributed by atoms with E-state index in [-0.39, 0.29) is 11.8 Å². The van der Waals surface area contributed by atoms with Gasteiger partial charge < -0.3 is 9.80 Å². The average Bonchev–Trinajstić information content (AvgIpc) is 3.31. The lowest BCUT2D eigenvalue weighted by Crippen LogP contribution is -2.50. The van der Waals surface area contributed by atoms with Crippen molar-refractivity contribution >= 4 is 11.8 Å². The van der Waals surface area contributed by atoms with Crippen LogP contribution in [0.2, 0.25) is 0 Å². The van der Waals surface area contributed by atoms with Crippen molar-refractivity contribution in [3.8, 4) is 0 Å². The van der Waals surface area contributed by atoms with Crippen molar-refractivity contribution in [1.29, 1.82) is 0 Å². The third-order valence-corrected chi connectivity index (χ3v) is 6.04. The molecule has 0 aliphatic carbocycles. The van der Waals surface area contributed by atoms with Gasteiger partial charge in [-0.25, -0.2) is 0 Å². The Hall–Kier alpha value is -2.63. The molecule has 1 N–H and O–H groups in total. The standard InChI is InChI=1S/C21H26N4O2/c1-16-18(14-22-23-16)19(26)25-13-10-21(15-25)9-5-11-24(20(21)27)12-8-17-6-3-2-4-7-17/h2-4,6-7,14H,5,8-13,15H2,1H3,(H,22,23)/t21-/m0/s1. The van der Waals surface area contributed by atoms with Crippen LogP contribution in [-0.4, -0.2) is 58.0 Å². The van der Waals surface area contributed by atoms with Crippen LogP contribution in [0.3, 0.4) is 0 Å². The second kappa shape index (κ2) is 7.18. The molecule has 2 aliphatic heterocycles. The summed E-state index contributed by atoms with van der Waals surface area (Å²) in [6.45, 7) is 4.59. The molecule has 2 saturated heterocycles. The first-order valence-corrected chi connectivity index (χ1v) is 9.72. The molecule has 6 heteroatoms. The first-order chi connectivity index (χ1) is 13.1. The van der Waals surface area contributed by atoms with E-state index in [0.29, 0.717) is 18.7 Å². The number of likely N-dealkylation sites (tertiary alicyclic amines) is 2. The van der Waals surface area contributed by atoms with Gasteiger partial charge in [0.1, 0.15) is 0 Å². The maximum absolute atomic E-state index is 13.3. The van der Waals surface area contributed by atoms with Crippen molar-refractivity contribution in [2.24, 2.45) is 5.41 Å². The summed E-state index contributed by atoms with van der Waals surface area (Å²) in [6, 6.07) is 10.3. The van der Waals surface area contributed by atoms with E-state index in [4.69, 9.17) is 0 Å². The zero-order chi connectivity index (χ0) is 18.9. The normalized spacial score (nSPS) is 22.6. The molecule has 1 aromatic carbocycles. The number of nitrogens with one attached hydrogen (secondary N) is 1. The SMILES string of the molecule is Cc1[nH]ncc1C(=O)N1CC[C@@]2(CCCN(CCc3ccccc3)C2=O)C1. The predicted octanol–water partition coefficient (Wildman–Crippen LogP) is 2.42. The Labute approximate surface area is 159 Å². The van der Waals surface area contributed by atoms with Crippen molar-refractivity contribution in [2.75, 3.05) is 26.2 Å². The van der Waals surface area contributed by atoms with Crippen LogP contribution in [0.15, 0.2) is 36.5 Å². The van der Waals surface area contributed by atoms with Crippen LogP contribution in [0.4, 0.5) is 0 Å². The van der Waals surface area contributed by atoms with E-state index in [1.807, 2.05) is 34.9 Å². The summed E-state index contributed by atoms with van der Waals surface area (Å²) >= 11 is 0. The second-order valence-electron chi connectivity index (χ2n) is 7.80. The van der Waals surface area contributed by atoms with E-state index in [0.717, 1.165) is 44.5 Å². The highest BCUT2D eigenvalue weighted by molar-refractivity contribution is 5.96. The maximum Gasteiger partial charge on any atom is 0.257 e. The molecule has 1 atom stereocenters. The average molecular weight is 366 g/mol. The third-order valence-electron chi connectivity index (χ3n) is 6.04. The van der Waals surface area contributed by atoms with Gasteiger partial charge in [0, 0.05) is 31.9 Å². The van der Waals surface area contributed by atoms with Crippen molar-refractivity contribution in [1.82, 2.24) is 20.0 Å². The Morgan fingerprint density at radius 2 is 2.04 bits per heavy atom. The number of nitrogens with zero attached hydrogens (tertiary/aromatic N) is 3. The number of hydrogen-bond donors (Lipinski definition) is 1. The fourth-order valence-electron chi connectivity index (χ4n) is 4.44. The van der Waals surface area contributed by atoms with Gasteiger partial charge in [0.05, 0.1) is 17.2 Å². The van der Waals surface area contributed by atoms with Crippen molar-refractivity contribution in [2.45, 2.75) is 32.6 Å². The van der Waals surface area contributed by atoms with Gasteiger partial charge in [-0.1, -0.05) is 30.3 Å². The topological polar surface area (TPSA) is 69.3 Å². The first kappa shape index (κ1) is 17.8. The molecule has 0 saturated carbocycles. The van der Waals surface area contributed by atoms with Gasteiger partial charge in [0.25, 0.3) is 5.91 Å². The van der Waals surface area contributed by atoms with Gasteiger partial charge >= 0.3 is 0 Å². The highest BCUT2D eigenvalue weighted by Gasteiger charge is 2.49. The van der Waals surface area contributed by atoms with Crippen LogP contribution in [0, 0.1) is 12.3 Å². The summed E-state index contributed by atoms with van der Waals surface area (Å²) < 4.78 is 0. The number of aryl methyl sites for hydroxylation is 1. The molecular formula is C21H26N4O2. The minimum absolute atomic E-state index is 0.0210. The van der Waals surface area contributed by atoms with Gasteiger partial charge in [-0.05, 0) is 38.2 Å². The zero-order valence-corrected chi connectivity index (χ0v) is 15.8. The van der Waals surface area contributed by atoms with E-state index < -0.39 is 5.41 Å². The number of H-pyrrole nitrogens is 1. The van der Waals surface area contributed by atoms with Gasteiger partial charge in [0.15, 0.2) is 0 Å². The molecule has 2 aliphatic rings. The summed E-state index contributed by atoms with van der Waals surface area (Å²) in [6.07, 6.45) is 5.10. The Morgan fingerprint density at radius 1 is 1.22 bits per heavy atom. The number of hydrogen-bond acceptors (Lipinski definition) is 3. The van der Waals surface area contributed by atoms with Crippen LogP contribution in [-0.2, 0) is 11.2 Å². The second-order valence-corrected chi connectivity index (χ2v) is 7.80. The van der Waals surface area contributed by atoms with E-state index in [9.17, 15) is 9.59 Å². The van der Waals surface area contributed by atoms with E-state index in [1.54, 1.807) is 6.20 Å². The Balaban J connectivity index is 1.43. The monoisotopic (exact) mass is 366 g/mol. The largest absolute Gasteiger partial charge is 0.342 e. The summed E-state index contributed by atoms with van der Waals surface area (Å²) in [5, 5.41) is 6.77. The van der Waals surface area contributed by atoms with Gasteiger partial charge in [-0.2, -0.15) is 5.10 Å². The van der Waals surface area contributed by atoms with Crippen LogP contribution in [0.1, 0.15) is 40.9 Å². The molecule has 3 heterocycles. The minimum Gasteiger partial charge on any atom is -0.342 e. The number of amides is 2. The van der Waals surface area contributed by atoms with Gasteiger partial charge in [-0.15, -0.1) is 0 Å². The minimum atomic E-state index is -0.401. The molecule has 0 radical (unpaired) electrons. The molecule has 0 unspecified atom stereocenters. The van der Waals surface area contributed by atoms with Crippen LogP contribution in [0.5, 0.6) is 0 Å². The van der Waals surface area contributed by atoms with Gasteiger partial charge in [-0.3, -0.25) is 14.7 Å². The molecule has 2 amide bonds. The van der Waals surface area contributed by atoms with Crippen LogP contribution in [0.25, 0.3) is 0 Å². The van der Waals surface area contributed by atoms with E-state index in [2.05, 4.69) is 22.3 Å². The van der Waals surface area contributed by atoms with E-state index in [1.165, 1.54) is 5.56 Å². The smallest absolute Gasteiger partial charge is 0.257 e. The first-order valence-electron chi connectivity index (χ1n) is 9.72. The molecule has 142 valence electrons. The molecule has 1 aromatic heterocycles.